The van der Waals surface area contributed by atoms with Gasteiger partial charge in [0.25, 0.3) is 0 Å². The lowest BCUT2D eigenvalue weighted by Gasteiger charge is -2.05. The molecule has 0 saturated carbocycles. The molecule has 0 aliphatic rings. The van der Waals surface area contributed by atoms with Gasteiger partial charge < -0.3 is 16.0 Å². The van der Waals surface area contributed by atoms with E-state index >= 15 is 0 Å². The molecular weight excluding hydrogens is 252 g/mol. The number of nitrogens with two attached hydrogens (primary N) is 1. The second-order valence-corrected chi connectivity index (χ2v) is 5.59. The highest BCUT2D eigenvalue weighted by Gasteiger charge is 2.00. The van der Waals surface area contributed by atoms with Crippen molar-refractivity contribution in [2.75, 3.05) is 13.1 Å². The summed E-state index contributed by atoms with van der Waals surface area (Å²) < 4.78 is 0. The summed E-state index contributed by atoms with van der Waals surface area (Å²) in [4.78, 5) is 11.4. The van der Waals surface area contributed by atoms with Gasteiger partial charge in [0.1, 0.15) is 0 Å². The summed E-state index contributed by atoms with van der Waals surface area (Å²) in [5.41, 5.74) is 0.897. The van der Waals surface area contributed by atoms with Crippen LogP contribution in [0.25, 0.3) is 0 Å². The molecule has 0 unspecified atom stereocenters. The van der Waals surface area contributed by atoms with Crippen LogP contribution in [0, 0.1) is 5.21 Å². The van der Waals surface area contributed by atoms with Gasteiger partial charge in [0.2, 0.25) is 5.91 Å². The second-order valence-electron chi connectivity index (χ2n) is 5.59. The van der Waals surface area contributed by atoms with Gasteiger partial charge in [-0.3, -0.25) is 4.79 Å². The molecule has 0 aliphatic carbocycles. The predicted octanol–water partition coefficient (Wildman–Crippen LogP) is 2.86. The van der Waals surface area contributed by atoms with Crippen LogP contribution in [0.2, 0.25) is 0 Å². The normalized spacial score (nSPS) is 10.7. The minimum Gasteiger partial charge on any atom is -0.636 e. The summed E-state index contributed by atoms with van der Waals surface area (Å²) in [6, 6.07) is 0. The maximum Gasteiger partial charge on any atom is 0.219 e. The van der Waals surface area contributed by atoms with Crippen LogP contribution in [0.15, 0.2) is 0 Å². The zero-order chi connectivity index (χ0) is 14.9. The molecule has 0 aromatic heterocycles. The van der Waals surface area contributed by atoms with Crippen molar-refractivity contribution in [2.45, 2.75) is 84.0 Å². The standard InChI is InChI=1S/C16H34N2O2/c1-2-3-4-5-6-7-8-9-10-11-13-16(19)17-14-12-15-18-20/h2-15,18H2,1H3,(H,17,19). The Hall–Kier alpha value is -0.610. The number of amides is 1. The lowest BCUT2D eigenvalue weighted by molar-refractivity contribution is -0.588. The van der Waals surface area contributed by atoms with E-state index in [0.717, 1.165) is 24.7 Å². The number of hydrogen-bond donors (Lipinski definition) is 2. The van der Waals surface area contributed by atoms with E-state index in [1.807, 2.05) is 0 Å². The molecule has 0 rings (SSSR count). The first-order valence-electron chi connectivity index (χ1n) is 8.51. The maximum absolute atomic E-state index is 11.4. The molecule has 0 saturated heterocycles. The maximum atomic E-state index is 11.4. The molecule has 0 heterocycles. The van der Waals surface area contributed by atoms with Gasteiger partial charge in [-0.1, -0.05) is 64.7 Å². The number of hydroxylamine groups is 1. The van der Waals surface area contributed by atoms with Gasteiger partial charge in [0.05, 0.1) is 6.54 Å². The molecule has 4 nitrogen and oxygen atoms in total. The topological polar surface area (TPSA) is 68.8 Å². The average Bonchev–Trinajstić information content (AvgIpc) is 2.45. The average molecular weight is 286 g/mol. The van der Waals surface area contributed by atoms with Crippen LogP contribution in [0.3, 0.4) is 0 Å². The number of carbonyl (C=O) groups excluding carboxylic acids is 1. The smallest absolute Gasteiger partial charge is 0.219 e. The van der Waals surface area contributed by atoms with Crippen LogP contribution in [-0.2, 0) is 4.79 Å². The summed E-state index contributed by atoms with van der Waals surface area (Å²) >= 11 is 0. The first-order valence-corrected chi connectivity index (χ1v) is 8.51. The van der Waals surface area contributed by atoms with Crippen molar-refractivity contribution in [3.8, 4) is 0 Å². The van der Waals surface area contributed by atoms with E-state index in [9.17, 15) is 10.0 Å². The van der Waals surface area contributed by atoms with Crippen LogP contribution in [0.5, 0.6) is 0 Å². The second kappa shape index (κ2) is 16.4. The Morgan fingerprint density at radius 2 is 1.45 bits per heavy atom. The Labute approximate surface area is 124 Å². The Morgan fingerprint density at radius 1 is 0.900 bits per heavy atom. The van der Waals surface area contributed by atoms with Crippen LogP contribution in [0.1, 0.15) is 84.0 Å². The third kappa shape index (κ3) is 15.4. The van der Waals surface area contributed by atoms with Gasteiger partial charge in [-0.15, -0.1) is 0 Å². The zero-order valence-corrected chi connectivity index (χ0v) is 13.3. The molecule has 1 amide bonds. The molecule has 20 heavy (non-hydrogen) atoms. The van der Waals surface area contributed by atoms with Gasteiger partial charge in [0, 0.05) is 19.4 Å². The first-order chi connectivity index (χ1) is 9.81. The lowest BCUT2D eigenvalue weighted by Crippen LogP contribution is -2.77. The minimum atomic E-state index is 0.135. The van der Waals surface area contributed by atoms with E-state index in [-0.39, 0.29) is 5.91 Å². The number of unbranched alkanes of at least 4 members (excludes halogenated alkanes) is 9. The molecule has 0 bridgehead atoms. The fraction of sp³-hybridized carbons (Fsp3) is 0.938. The summed E-state index contributed by atoms with van der Waals surface area (Å²) in [7, 11) is 0. The number of quaternary nitrogens is 1. The number of nitrogens with one attached hydrogen (secondary N) is 1. The monoisotopic (exact) mass is 286 g/mol. The van der Waals surface area contributed by atoms with Crippen LogP contribution >= 0.6 is 0 Å². The van der Waals surface area contributed by atoms with Crippen LogP contribution in [-0.4, -0.2) is 19.0 Å². The Kier molecular flexibility index (Phi) is 15.9. The molecule has 4 heteroatoms. The lowest BCUT2D eigenvalue weighted by atomic mass is 10.1. The Balaban J connectivity index is 3.09. The van der Waals surface area contributed by atoms with Gasteiger partial charge in [-0.25, -0.2) is 0 Å². The Bertz CT molecular complexity index is 211. The van der Waals surface area contributed by atoms with Crippen LogP contribution in [0.4, 0.5) is 0 Å². The fourth-order valence-electron chi connectivity index (χ4n) is 2.27. The van der Waals surface area contributed by atoms with Crippen molar-refractivity contribution >= 4 is 5.91 Å². The molecule has 0 atom stereocenters. The van der Waals surface area contributed by atoms with E-state index in [1.165, 1.54) is 51.4 Å². The molecule has 0 fully saturated rings. The largest absolute Gasteiger partial charge is 0.636 e. The predicted molar refractivity (Wildman–Crippen MR) is 84.2 cm³/mol. The number of hydrogen-bond acceptors (Lipinski definition) is 2. The van der Waals surface area contributed by atoms with E-state index in [0.29, 0.717) is 19.5 Å². The first kappa shape index (κ1) is 19.4. The van der Waals surface area contributed by atoms with Crippen molar-refractivity contribution in [2.24, 2.45) is 0 Å². The van der Waals surface area contributed by atoms with Crippen molar-refractivity contribution in [1.82, 2.24) is 5.32 Å². The quantitative estimate of drug-likeness (QED) is 0.359. The molecule has 0 radical (unpaired) electrons. The highest BCUT2D eigenvalue weighted by Crippen LogP contribution is 2.11. The third-order valence-corrected chi connectivity index (χ3v) is 3.58. The summed E-state index contributed by atoms with van der Waals surface area (Å²) in [5, 5.41) is 13.0. The molecule has 0 aromatic carbocycles. The summed E-state index contributed by atoms with van der Waals surface area (Å²) in [6.45, 7) is 3.42. The fourth-order valence-corrected chi connectivity index (χ4v) is 2.27. The van der Waals surface area contributed by atoms with E-state index < -0.39 is 0 Å². The zero-order valence-electron chi connectivity index (χ0n) is 13.3. The molecule has 0 aliphatic heterocycles. The van der Waals surface area contributed by atoms with Gasteiger partial charge in [0.15, 0.2) is 0 Å². The molecular formula is C16H34N2O2. The van der Waals surface area contributed by atoms with E-state index in [4.69, 9.17) is 0 Å². The molecule has 120 valence electrons. The van der Waals surface area contributed by atoms with Crippen molar-refractivity contribution in [3.05, 3.63) is 5.21 Å². The van der Waals surface area contributed by atoms with Crippen molar-refractivity contribution in [1.29, 1.82) is 0 Å². The molecule has 0 aromatic rings. The highest BCUT2D eigenvalue weighted by molar-refractivity contribution is 5.75. The summed E-state index contributed by atoms with van der Waals surface area (Å²) in [5.74, 6) is 0.135. The van der Waals surface area contributed by atoms with Crippen LogP contribution < -0.4 is 10.8 Å². The van der Waals surface area contributed by atoms with Crippen molar-refractivity contribution < 1.29 is 10.3 Å². The van der Waals surface area contributed by atoms with E-state index in [1.54, 1.807) is 0 Å². The number of rotatable bonds is 15. The van der Waals surface area contributed by atoms with Gasteiger partial charge in [-0.2, -0.15) is 0 Å². The Morgan fingerprint density at radius 3 is 2.00 bits per heavy atom. The van der Waals surface area contributed by atoms with Gasteiger partial charge >= 0.3 is 0 Å². The summed E-state index contributed by atoms with van der Waals surface area (Å²) in [6.07, 6.45) is 14.3. The molecule has 3 N–H and O–H groups in total. The third-order valence-electron chi connectivity index (χ3n) is 3.58. The SMILES string of the molecule is CCCCCCCCCCCCC(=O)NCCC[NH2+][O-]. The van der Waals surface area contributed by atoms with E-state index in [2.05, 4.69) is 12.2 Å². The number of carbonyl (C=O) groups is 1. The van der Waals surface area contributed by atoms with Gasteiger partial charge in [-0.05, 0) is 6.42 Å². The molecule has 0 spiro atoms. The van der Waals surface area contributed by atoms with Crippen molar-refractivity contribution in [3.63, 3.8) is 0 Å². The highest BCUT2D eigenvalue weighted by atomic mass is 16.5. The minimum absolute atomic E-state index is 0.135.